The summed E-state index contributed by atoms with van der Waals surface area (Å²) in [6.07, 6.45) is 0. The van der Waals surface area contributed by atoms with Gasteiger partial charge in [0.15, 0.2) is 0 Å². The minimum absolute atomic E-state index is 0.591. The Labute approximate surface area is 162 Å². The first-order valence-electron chi connectivity index (χ1n) is 9.74. The van der Waals surface area contributed by atoms with Gasteiger partial charge in [0, 0.05) is 50.0 Å². The van der Waals surface area contributed by atoms with Crippen molar-refractivity contribution in [1.82, 2.24) is 9.47 Å². The summed E-state index contributed by atoms with van der Waals surface area (Å²) in [5, 5.41) is 2.54. The first kappa shape index (κ1) is 17.9. The quantitative estimate of drug-likeness (QED) is 0.695. The molecule has 4 rings (SSSR count). The SMILES string of the molecule is Cc1cc(COc2ccc3cccc(N4CCN(C)CC4)c3c2)n(C)c1C. The van der Waals surface area contributed by atoms with Gasteiger partial charge in [-0.2, -0.15) is 0 Å². The van der Waals surface area contributed by atoms with Crippen LogP contribution in [0.25, 0.3) is 10.8 Å². The van der Waals surface area contributed by atoms with Gasteiger partial charge in [0.05, 0.1) is 5.69 Å². The molecule has 2 heterocycles. The van der Waals surface area contributed by atoms with Crippen molar-refractivity contribution < 1.29 is 4.74 Å². The predicted molar refractivity (Wildman–Crippen MR) is 113 cm³/mol. The summed E-state index contributed by atoms with van der Waals surface area (Å²) in [4.78, 5) is 4.88. The summed E-state index contributed by atoms with van der Waals surface area (Å²) in [5.41, 5.74) is 5.13. The molecule has 2 aromatic carbocycles. The van der Waals surface area contributed by atoms with Crippen LogP contribution in [0.5, 0.6) is 5.75 Å². The van der Waals surface area contributed by atoms with Crippen molar-refractivity contribution in [2.45, 2.75) is 20.5 Å². The summed E-state index contributed by atoms with van der Waals surface area (Å²) >= 11 is 0. The Kier molecular flexibility index (Phi) is 4.83. The smallest absolute Gasteiger partial charge is 0.128 e. The van der Waals surface area contributed by atoms with E-state index in [2.05, 4.69) is 84.8 Å². The van der Waals surface area contributed by atoms with Gasteiger partial charge in [-0.15, -0.1) is 0 Å². The molecule has 0 spiro atoms. The van der Waals surface area contributed by atoms with Crippen LogP contribution < -0.4 is 9.64 Å². The summed E-state index contributed by atoms with van der Waals surface area (Å²) in [7, 11) is 4.30. The van der Waals surface area contributed by atoms with E-state index in [9.17, 15) is 0 Å². The Balaban J connectivity index is 1.59. The number of piperazine rings is 1. The van der Waals surface area contributed by atoms with Crippen molar-refractivity contribution in [1.29, 1.82) is 0 Å². The number of anilines is 1. The van der Waals surface area contributed by atoms with Crippen LogP contribution in [-0.4, -0.2) is 42.7 Å². The molecule has 0 bridgehead atoms. The zero-order valence-corrected chi connectivity index (χ0v) is 16.8. The van der Waals surface area contributed by atoms with Crippen molar-refractivity contribution in [2.24, 2.45) is 7.05 Å². The van der Waals surface area contributed by atoms with Crippen LogP contribution >= 0.6 is 0 Å². The van der Waals surface area contributed by atoms with Gasteiger partial charge in [-0.1, -0.05) is 18.2 Å². The van der Waals surface area contributed by atoms with Gasteiger partial charge in [0.1, 0.15) is 12.4 Å². The molecular weight excluding hydrogens is 334 g/mol. The van der Waals surface area contributed by atoms with E-state index < -0.39 is 0 Å². The number of hydrogen-bond donors (Lipinski definition) is 0. The molecule has 0 radical (unpaired) electrons. The molecular formula is C23H29N3O. The molecule has 3 aromatic rings. The number of rotatable bonds is 4. The Hall–Kier alpha value is -2.46. The molecule has 0 unspecified atom stereocenters. The monoisotopic (exact) mass is 363 g/mol. The zero-order valence-electron chi connectivity index (χ0n) is 16.8. The van der Waals surface area contributed by atoms with Gasteiger partial charge in [-0.25, -0.2) is 0 Å². The topological polar surface area (TPSA) is 20.6 Å². The fourth-order valence-electron chi connectivity index (χ4n) is 3.88. The van der Waals surface area contributed by atoms with Gasteiger partial charge < -0.3 is 19.1 Å². The molecule has 0 N–H and O–H groups in total. The second-order valence-corrected chi connectivity index (χ2v) is 7.70. The number of likely N-dealkylation sites (N-methyl/N-ethyl adjacent to an activating group) is 1. The molecule has 1 saturated heterocycles. The second kappa shape index (κ2) is 7.28. The van der Waals surface area contributed by atoms with Crippen molar-refractivity contribution in [3.8, 4) is 5.75 Å². The largest absolute Gasteiger partial charge is 0.487 e. The number of nitrogens with zero attached hydrogens (tertiary/aromatic N) is 3. The maximum atomic E-state index is 6.16. The number of fused-ring (bicyclic) bond motifs is 1. The van der Waals surface area contributed by atoms with E-state index >= 15 is 0 Å². The van der Waals surface area contributed by atoms with Gasteiger partial charge >= 0.3 is 0 Å². The highest BCUT2D eigenvalue weighted by molar-refractivity contribution is 5.95. The summed E-state index contributed by atoms with van der Waals surface area (Å²) in [5.74, 6) is 0.931. The average Bonchev–Trinajstić information content (AvgIpc) is 2.93. The van der Waals surface area contributed by atoms with Gasteiger partial charge in [-0.05, 0) is 56.1 Å². The molecule has 1 fully saturated rings. The van der Waals surface area contributed by atoms with Crippen molar-refractivity contribution in [3.63, 3.8) is 0 Å². The highest BCUT2D eigenvalue weighted by Gasteiger charge is 2.16. The molecule has 1 aromatic heterocycles. The minimum Gasteiger partial charge on any atom is -0.487 e. The number of benzene rings is 2. The Morgan fingerprint density at radius 3 is 2.41 bits per heavy atom. The lowest BCUT2D eigenvalue weighted by Gasteiger charge is -2.34. The third-order valence-corrected chi connectivity index (χ3v) is 5.95. The van der Waals surface area contributed by atoms with Crippen molar-refractivity contribution in [2.75, 3.05) is 38.1 Å². The lowest BCUT2D eigenvalue weighted by molar-refractivity contribution is 0.297. The third kappa shape index (κ3) is 3.54. The lowest BCUT2D eigenvalue weighted by Crippen LogP contribution is -2.44. The molecule has 0 amide bonds. The highest BCUT2D eigenvalue weighted by atomic mass is 16.5. The summed E-state index contributed by atoms with van der Waals surface area (Å²) < 4.78 is 8.38. The molecule has 1 aliphatic rings. The average molecular weight is 364 g/mol. The number of aromatic nitrogens is 1. The van der Waals surface area contributed by atoms with Crippen molar-refractivity contribution in [3.05, 3.63) is 59.4 Å². The van der Waals surface area contributed by atoms with Crippen LogP contribution in [0.2, 0.25) is 0 Å². The van der Waals surface area contributed by atoms with Crippen LogP contribution in [0.4, 0.5) is 5.69 Å². The lowest BCUT2D eigenvalue weighted by atomic mass is 10.1. The normalized spacial score (nSPS) is 15.5. The molecule has 0 atom stereocenters. The van der Waals surface area contributed by atoms with Crippen LogP contribution in [0.15, 0.2) is 42.5 Å². The minimum atomic E-state index is 0.591. The first-order valence-corrected chi connectivity index (χ1v) is 9.74. The van der Waals surface area contributed by atoms with Crippen LogP contribution in [0.1, 0.15) is 17.0 Å². The van der Waals surface area contributed by atoms with E-state index in [0.717, 1.165) is 31.9 Å². The molecule has 142 valence electrons. The summed E-state index contributed by atoms with van der Waals surface area (Å²) in [6, 6.07) is 15.2. The number of ether oxygens (including phenoxy) is 1. The molecule has 27 heavy (non-hydrogen) atoms. The third-order valence-electron chi connectivity index (χ3n) is 5.95. The van der Waals surface area contributed by atoms with E-state index in [-0.39, 0.29) is 0 Å². The van der Waals surface area contributed by atoms with Crippen molar-refractivity contribution >= 4 is 16.5 Å². The van der Waals surface area contributed by atoms with Crippen LogP contribution in [0, 0.1) is 13.8 Å². The van der Waals surface area contributed by atoms with Gasteiger partial charge in [-0.3, -0.25) is 0 Å². The maximum absolute atomic E-state index is 6.16. The number of hydrogen-bond acceptors (Lipinski definition) is 3. The van der Waals surface area contributed by atoms with E-state index in [4.69, 9.17) is 4.74 Å². The van der Waals surface area contributed by atoms with Gasteiger partial charge in [0.25, 0.3) is 0 Å². The van der Waals surface area contributed by atoms with Gasteiger partial charge in [0.2, 0.25) is 0 Å². The van der Waals surface area contributed by atoms with Crippen LogP contribution in [-0.2, 0) is 13.7 Å². The Morgan fingerprint density at radius 1 is 0.926 bits per heavy atom. The maximum Gasteiger partial charge on any atom is 0.128 e. The fourth-order valence-corrected chi connectivity index (χ4v) is 3.88. The zero-order chi connectivity index (χ0) is 19.0. The molecule has 0 saturated carbocycles. The molecule has 1 aliphatic heterocycles. The standard InChI is InChI=1S/C23H29N3O/c1-17-14-20(25(4)18(17)2)16-27-21-9-8-19-6-5-7-23(22(19)15-21)26-12-10-24(3)11-13-26/h5-9,14-15H,10-13,16H2,1-4H3. The predicted octanol–water partition coefficient (Wildman–Crippen LogP) is 4.13. The fraction of sp³-hybridized carbons (Fsp3) is 0.391. The van der Waals surface area contributed by atoms with Crippen LogP contribution in [0.3, 0.4) is 0 Å². The van der Waals surface area contributed by atoms with E-state index in [1.807, 2.05) is 0 Å². The Bertz CT molecular complexity index is 952. The summed E-state index contributed by atoms with van der Waals surface area (Å²) in [6.45, 7) is 9.25. The Morgan fingerprint density at radius 2 is 1.70 bits per heavy atom. The first-order chi connectivity index (χ1) is 13.0. The second-order valence-electron chi connectivity index (χ2n) is 7.70. The number of aryl methyl sites for hydroxylation is 1. The molecule has 4 nitrogen and oxygen atoms in total. The van der Waals surface area contributed by atoms with E-state index in [1.165, 1.54) is 33.4 Å². The van der Waals surface area contributed by atoms with E-state index in [0.29, 0.717) is 6.61 Å². The molecule has 0 aliphatic carbocycles. The molecule has 4 heteroatoms. The van der Waals surface area contributed by atoms with E-state index in [1.54, 1.807) is 0 Å². The highest BCUT2D eigenvalue weighted by Crippen LogP contribution is 2.31.